The Bertz CT molecular complexity index is 954. The Labute approximate surface area is 164 Å². The molecule has 4 rings (SSSR count). The van der Waals surface area contributed by atoms with E-state index in [0.717, 1.165) is 31.4 Å². The van der Waals surface area contributed by atoms with E-state index < -0.39 is 5.97 Å². The number of rotatable bonds is 3. The number of nitrogens with zero attached hydrogens (tertiary/aromatic N) is 2. The SMILES string of the molecule is CCc1cc2c(cn1)CCC[C@@H]2N1CCc2c(O)cc(C(=O)OC)cc2C1=O. The standard InChI is InChI=1S/C22H24N2O4/c1-3-15-11-17-13(12-23-15)5-4-6-19(17)24-8-7-16-18(21(24)26)9-14(10-20(16)25)22(27)28-2/h9-12,19,25H,3-8H2,1-2H3/t19-/m0/s1. The van der Waals surface area contributed by atoms with Crippen LogP contribution in [-0.4, -0.2) is 40.5 Å². The van der Waals surface area contributed by atoms with Crippen LogP contribution < -0.4 is 0 Å². The van der Waals surface area contributed by atoms with Gasteiger partial charge in [-0.15, -0.1) is 0 Å². The summed E-state index contributed by atoms with van der Waals surface area (Å²) in [5.74, 6) is -0.730. The minimum atomic E-state index is -0.565. The van der Waals surface area contributed by atoms with Crippen LogP contribution >= 0.6 is 0 Å². The lowest BCUT2D eigenvalue weighted by molar-refractivity contribution is 0.0599. The number of phenols is 1. The van der Waals surface area contributed by atoms with E-state index in [1.165, 1.54) is 24.3 Å². The van der Waals surface area contributed by atoms with Crippen LogP contribution in [-0.2, 0) is 24.0 Å². The van der Waals surface area contributed by atoms with Crippen molar-refractivity contribution in [1.29, 1.82) is 0 Å². The molecule has 1 aromatic heterocycles. The Morgan fingerprint density at radius 3 is 2.89 bits per heavy atom. The molecule has 2 aliphatic rings. The molecule has 146 valence electrons. The van der Waals surface area contributed by atoms with Gasteiger partial charge in [0.05, 0.1) is 18.7 Å². The fraction of sp³-hybridized carbons (Fsp3) is 0.409. The fourth-order valence-electron chi connectivity index (χ4n) is 4.35. The average Bonchev–Trinajstić information content (AvgIpc) is 2.73. The second kappa shape index (κ2) is 7.26. The third kappa shape index (κ3) is 3.03. The van der Waals surface area contributed by atoms with Crippen LogP contribution in [0, 0.1) is 0 Å². The van der Waals surface area contributed by atoms with Crippen LogP contribution in [0.5, 0.6) is 5.75 Å². The van der Waals surface area contributed by atoms with E-state index in [1.807, 2.05) is 11.1 Å². The lowest BCUT2D eigenvalue weighted by atomic mass is 9.85. The summed E-state index contributed by atoms with van der Waals surface area (Å²) in [6, 6.07) is 5.05. The van der Waals surface area contributed by atoms with Crippen molar-refractivity contribution in [2.24, 2.45) is 0 Å². The van der Waals surface area contributed by atoms with Gasteiger partial charge in [-0.3, -0.25) is 9.78 Å². The molecule has 1 aliphatic carbocycles. The molecule has 0 saturated carbocycles. The Balaban J connectivity index is 1.73. The maximum atomic E-state index is 13.3. The number of amides is 1. The quantitative estimate of drug-likeness (QED) is 0.827. The topological polar surface area (TPSA) is 79.7 Å². The van der Waals surface area contributed by atoms with Gasteiger partial charge in [0, 0.05) is 29.6 Å². The Morgan fingerprint density at radius 1 is 1.32 bits per heavy atom. The first kappa shape index (κ1) is 18.5. The second-order valence-corrected chi connectivity index (χ2v) is 7.40. The summed E-state index contributed by atoms with van der Waals surface area (Å²) in [5, 5.41) is 10.3. The molecular formula is C22H24N2O4. The van der Waals surface area contributed by atoms with Crippen molar-refractivity contribution in [3.8, 4) is 5.75 Å². The highest BCUT2D eigenvalue weighted by Gasteiger charge is 2.35. The Morgan fingerprint density at radius 2 is 2.14 bits per heavy atom. The maximum Gasteiger partial charge on any atom is 0.338 e. The number of aromatic hydroxyl groups is 1. The number of esters is 1. The zero-order chi connectivity index (χ0) is 19.8. The van der Waals surface area contributed by atoms with Gasteiger partial charge in [0.2, 0.25) is 0 Å². The van der Waals surface area contributed by atoms with Crippen LogP contribution in [0.2, 0.25) is 0 Å². The molecule has 0 bridgehead atoms. The highest BCUT2D eigenvalue weighted by atomic mass is 16.5. The number of methoxy groups -OCH3 is 1. The smallest absolute Gasteiger partial charge is 0.338 e. The summed E-state index contributed by atoms with van der Waals surface area (Å²) < 4.78 is 4.75. The van der Waals surface area contributed by atoms with Gasteiger partial charge in [0.25, 0.3) is 5.91 Å². The molecule has 1 aliphatic heterocycles. The largest absolute Gasteiger partial charge is 0.508 e. The van der Waals surface area contributed by atoms with Gasteiger partial charge in [-0.25, -0.2) is 4.79 Å². The summed E-state index contributed by atoms with van der Waals surface area (Å²) >= 11 is 0. The second-order valence-electron chi connectivity index (χ2n) is 7.40. The van der Waals surface area contributed by atoms with Gasteiger partial charge >= 0.3 is 5.97 Å². The predicted molar refractivity (Wildman–Crippen MR) is 103 cm³/mol. The molecule has 1 aromatic carbocycles. The molecule has 1 atom stereocenters. The number of ether oxygens (including phenoxy) is 1. The van der Waals surface area contributed by atoms with Gasteiger partial charge in [-0.05, 0) is 61.4 Å². The molecule has 0 unspecified atom stereocenters. The first-order chi connectivity index (χ1) is 13.5. The molecule has 0 radical (unpaired) electrons. The van der Waals surface area contributed by atoms with Crippen LogP contribution in [0.4, 0.5) is 0 Å². The zero-order valence-electron chi connectivity index (χ0n) is 16.2. The third-order valence-corrected chi connectivity index (χ3v) is 5.84. The van der Waals surface area contributed by atoms with Crippen molar-refractivity contribution in [2.75, 3.05) is 13.7 Å². The van der Waals surface area contributed by atoms with E-state index in [-0.39, 0.29) is 23.3 Å². The summed E-state index contributed by atoms with van der Waals surface area (Å²) in [6.45, 7) is 2.62. The van der Waals surface area contributed by atoms with E-state index in [2.05, 4.69) is 18.0 Å². The van der Waals surface area contributed by atoms with Crippen LogP contribution in [0.3, 0.4) is 0 Å². The number of hydrogen-bond donors (Lipinski definition) is 1. The molecule has 1 amide bonds. The minimum absolute atomic E-state index is 0.00151. The Hall–Kier alpha value is -2.89. The molecule has 28 heavy (non-hydrogen) atoms. The van der Waals surface area contributed by atoms with E-state index in [1.54, 1.807) is 6.07 Å². The highest BCUT2D eigenvalue weighted by Crippen LogP contribution is 2.38. The van der Waals surface area contributed by atoms with E-state index in [4.69, 9.17) is 4.74 Å². The minimum Gasteiger partial charge on any atom is -0.508 e. The van der Waals surface area contributed by atoms with Crippen molar-refractivity contribution in [3.05, 3.63) is 57.9 Å². The van der Waals surface area contributed by atoms with E-state index >= 15 is 0 Å². The number of fused-ring (bicyclic) bond motifs is 2. The number of hydrogen-bond acceptors (Lipinski definition) is 5. The van der Waals surface area contributed by atoms with Gasteiger partial charge in [-0.1, -0.05) is 6.92 Å². The van der Waals surface area contributed by atoms with Crippen molar-refractivity contribution >= 4 is 11.9 Å². The lowest BCUT2D eigenvalue weighted by Gasteiger charge is -2.39. The van der Waals surface area contributed by atoms with Crippen LogP contribution in [0.1, 0.15) is 68.9 Å². The third-order valence-electron chi connectivity index (χ3n) is 5.84. The number of carbonyl (C=O) groups excluding carboxylic acids is 2. The van der Waals surface area contributed by atoms with Crippen molar-refractivity contribution < 1.29 is 19.4 Å². The van der Waals surface area contributed by atoms with Gasteiger partial charge in [0.1, 0.15) is 5.75 Å². The number of carbonyl (C=O) groups is 2. The molecule has 2 heterocycles. The normalized spacial score (nSPS) is 18.4. The zero-order valence-corrected chi connectivity index (χ0v) is 16.2. The maximum absolute atomic E-state index is 13.3. The molecule has 0 saturated heterocycles. The molecule has 0 fully saturated rings. The number of phenolic OH excluding ortho intramolecular Hbond substituents is 1. The summed E-state index contributed by atoms with van der Waals surface area (Å²) in [4.78, 5) is 31.7. The molecule has 2 aromatic rings. The van der Waals surface area contributed by atoms with E-state index in [0.29, 0.717) is 24.1 Å². The van der Waals surface area contributed by atoms with Crippen LogP contribution in [0.15, 0.2) is 24.4 Å². The van der Waals surface area contributed by atoms with Crippen molar-refractivity contribution in [1.82, 2.24) is 9.88 Å². The predicted octanol–water partition coefficient (Wildman–Crippen LogP) is 3.21. The number of benzene rings is 1. The van der Waals surface area contributed by atoms with E-state index in [9.17, 15) is 14.7 Å². The monoisotopic (exact) mass is 380 g/mol. The molecule has 6 nitrogen and oxygen atoms in total. The summed E-state index contributed by atoms with van der Waals surface area (Å²) in [7, 11) is 1.28. The number of aromatic nitrogens is 1. The average molecular weight is 380 g/mol. The molecule has 6 heteroatoms. The van der Waals surface area contributed by atoms with Crippen molar-refractivity contribution in [3.63, 3.8) is 0 Å². The summed E-state index contributed by atoms with van der Waals surface area (Å²) in [6.07, 6.45) is 6.26. The molecule has 1 N–H and O–H groups in total. The summed E-state index contributed by atoms with van der Waals surface area (Å²) in [5.41, 5.74) is 4.61. The molecule has 0 spiro atoms. The van der Waals surface area contributed by atoms with Crippen molar-refractivity contribution in [2.45, 2.75) is 45.1 Å². The Kier molecular flexibility index (Phi) is 4.79. The highest BCUT2D eigenvalue weighted by molar-refractivity contribution is 6.01. The number of aryl methyl sites for hydroxylation is 2. The molecular weight excluding hydrogens is 356 g/mol. The van der Waals surface area contributed by atoms with Gasteiger partial charge in [0.15, 0.2) is 0 Å². The van der Waals surface area contributed by atoms with Crippen LogP contribution in [0.25, 0.3) is 0 Å². The van der Waals surface area contributed by atoms with Gasteiger partial charge < -0.3 is 14.7 Å². The first-order valence-corrected chi connectivity index (χ1v) is 9.76. The fourth-order valence-corrected chi connectivity index (χ4v) is 4.35. The first-order valence-electron chi connectivity index (χ1n) is 9.76. The number of pyridine rings is 1. The lowest BCUT2D eigenvalue weighted by Crippen LogP contribution is -2.41. The van der Waals surface area contributed by atoms with Gasteiger partial charge in [-0.2, -0.15) is 0 Å².